The summed E-state index contributed by atoms with van der Waals surface area (Å²) in [5.41, 5.74) is 2.85. The normalized spacial score (nSPS) is 18.7. The molecule has 5 heteroatoms. The number of aromatic nitrogens is 1. The Hall–Kier alpha value is -2.69. The topological polar surface area (TPSA) is 62.3 Å². The Kier molecular flexibility index (Phi) is 6.92. The summed E-state index contributed by atoms with van der Waals surface area (Å²) in [6.45, 7) is 5.34. The molecule has 0 bridgehead atoms. The standard InChI is InChI=1S/C27H35N3O2/c1-20(2)29-26(32)27(13-16-30(17-14-27)25(31)21-8-3-4-9-21)18-22-10-5-6-12-24(22)23-11-7-15-28-19-23/h5-7,10-12,15,19-21H,3-4,8-9,13-14,16-18H2,1-2H3,(H,29,32). The Morgan fingerprint density at radius 2 is 1.81 bits per heavy atom. The highest BCUT2D eigenvalue weighted by atomic mass is 16.2. The van der Waals surface area contributed by atoms with Crippen LogP contribution in [0.3, 0.4) is 0 Å². The Labute approximate surface area is 191 Å². The number of hydrogen-bond donors (Lipinski definition) is 1. The number of piperidine rings is 1. The van der Waals surface area contributed by atoms with E-state index in [1.54, 1.807) is 6.20 Å². The number of likely N-dealkylation sites (tertiary alicyclic amines) is 1. The summed E-state index contributed by atoms with van der Waals surface area (Å²) >= 11 is 0. The number of benzene rings is 1. The molecule has 1 aliphatic heterocycles. The molecule has 2 fully saturated rings. The van der Waals surface area contributed by atoms with Crippen molar-refractivity contribution >= 4 is 11.8 Å². The molecule has 0 radical (unpaired) electrons. The number of nitrogens with zero attached hydrogens (tertiary/aromatic N) is 2. The van der Waals surface area contributed by atoms with Crippen LogP contribution in [0.15, 0.2) is 48.8 Å². The molecule has 2 heterocycles. The molecule has 2 aliphatic rings. The maximum atomic E-state index is 13.5. The number of pyridine rings is 1. The van der Waals surface area contributed by atoms with Gasteiger partial charge in [-0.1, -0.05) is 43.2 Å². The van der Waals surface area contributed by atoms with Gasteiger partial charge in [-0.25, -0.2) is 0 Å². The first-order valence-electron chi connectivity index (χ1n) is 12.1. The lowest BCUT2D eigenvalue weighted by atomic mass is 9.71. The van der Waals surface area contributed by atoms with Crippen molar-refractivity contribution < 1.29 is 9.59 Å². The van der Waals surface area contributed by atoms with Crippen LogP contribution in [0.25, 0.3) is 11.1 Å². The summed E-state index contributed by atoms with van der Waals surface area (Å²) < 4.78 is 0. The van der Waals surface area contributed by atoms with Gasteiger partial charge in [0.1, 0.15) is 0 Å². The van der Waals surface area contributed by atoms with E-state index >= 15 is 0 Å². The Morgan fingerprint density at radius 3 is 2.47 bits per heavy atom. The number of amides is 2. The zero-order chi connectivity index (χ0) is 22.6. The second-order valence-electron chi connectivity index (χ2n) is 9.79. The van der Waals surface area contributed by atoms with E-state index in [0.717, 1.165) is 42.4 Å². The molecule has 1 aromatic carbocycles. The number of carbonyl (C=O) groups excluding carboxylic acids is 2. The van der Waals surface area contributed by atoms with Crippen LogP contribution in [0.5, 0.6) is 0 Å². The molecule has 1 aliphatic carbocycles. The molecule has 170 valence electrons. The Morgan fingerprint density at radius 1 is 1.09 bits per heavy atom. The summed E-state index contributed by atoms with van der Waals surface area (Å²) in [6.07, 6.45) is 10.1. The first kappa shape index (κ1) is 22.5. The second-order valence-corrected chi connectivity index (χ2v) is 9.79. The highest BCUT2D eigenvalue weighted by Gasteiger charge is 2.43. The third kappa shape index (κ3) is 4.87. The zero-order valence-corrected chi connectivity index (χ0v) is 19.3. The van der Waals surface area contributed by atoms with Crippen LogP contribution in [-0.4, -0.2) is 40.8 Å². The molecule has 1 saturated heterocycles. The van der Waals surface area contributed by atoms with Gasteiger partial charge in [0.05, 0.1) is 5.41 Å². The van der Waals surface area contributed by atoms with E-state index in [0.29, 0.717) is 38.3 Å². The lowest BCUT2D eigenvalue weighted by molar-refractivity contribution is -0.143. The summed E-state index contributed by atoms with van der Waals surface area (Å²) in [5, 5.41) is 3.18. The number of carbonyl (C=O) groups is 2. The van der Waals surface area contributed by atoms with Gasteiger partial charge in [0, 0.05) is 43.0 Å². The van der Waals surface area contributed by atoms with Crippen molar-refractivity contribution in [3.8, 4) is 11.1 Å². The van der Waals surface area contributed by atoms with Gasteiger partial charge in [-0.3, -0.25) is 14.6 Å². The molecule has 5 nitrogen and oxygen atoms in total. The van der Waals surface area contributed by atoms with Crippen LogP contribution in [0.1, 0.15) is 57.9 Å². The van der Waals surface area contributed by atoms with Crippen molar-refractivity contribution in [3.63, 3.8) is 0 Å². The van der Waals surface area contributed by atoms with E-state index in [2.05, 4.69) is 28.5 Å². The van der Waals surface area contributed by atoms with Crippen molar-refractivity contribution in [2.24, 2.45) is 11.3 Å². The van der Waals surface area contributed by atoms with E-state index in [-0.39, 0.29) is 17.9 Å². The van der Waals surface area contributed by atoms with Gasteiger partial charge < -0.3 is 10.2 Å². The highest BCUT2D eigenvalue weighted by molar-refractivity contribution is 5.85. The van der Waals surface area contributed by atoms with E-state index in [1.165, 1.54) is 0 Å². The van der Waals surface area contributed by atoms with Crippen molar-refractivity contribution in [1.82, 2.24) is 15.2 Å². The first-order valence-corrected chi connectivity index (χ1v) is 12.1. The lowest BCUT2D eigenvalue weighted by Crippen LogP contribution is -2.53. The van der Waals surface area contributed by atoms with Crippen LogP contribution in [0, 0.1) is 11.3 Å². The van der Waals surface area contributed by atoms with Gasteiger partial charge in [-0.2, -0.15) is 0 Å². The smallest absolute Gasteiger partial charge is 0.226 e. The monoisotopic (exact) mass is 433 g/mol. The van der Waals surface area contributed by atoms with Gasteiger partial charge in [-0.15, -0.1) is 0 Å². The molecule has 0 spiro atoms. The van der Waals surface area contributed by atoms with Crippen LogP contribution in [0.4, 0.5) is 0 Å². The van der Waals surface area contributed by atoms with Gasteiger partial charge in [0.2, 0.25) is 11.8 Å². The fourth-order valence-electron chi connectivity index (χ4n) is 5.33. The van der Waals surface area contributed by atoms with Gasteiger partial charge in [-0.05, 0) is 63.1 Å². The molecule has 0 unspecified atom stereocenters. The molecule has 1 N–H and O–H groups in total. The Balaban J connectivity index is 1.58. The first-order chi connectivity index (χ1) is 15.5. The second kappa shape index (κ2) is 9.85. The maximum absolute atomic E-state index is 13.5. The zero-order valence-electron chi connectivity index (χ0n) is 19.3. The summed E-state index contributed by atoms with van der Waals surface area (Å²) in [6, 6.07) is 12.4. The van der Waals surface area contributed by atoms with Crippen LogP contribution in [-0.2, 0) is 16.0 Å². The molecular weight excluding hydrogens is 398 g/mol. The average molecular weight is 434 g/mol. The third-order valence-electron chi connectivity index (χ3n) is 7.16. The lowest BCUT2D eigenvalue weighted by Gasteiger charge is -2.42. The number of rotatable bonds is 6. The van der Waals surface area contributed by atoms with Gasteiger partial charge in [0.25, 0.3) is 0 Å². The average Bonchev–Trinajstić information content (AvgIpc) is 3.35. The van der Waals surface area contributed by atoms with Crippen LogP contribution in [0.2, 0.25) is 0 Å². The van der Waals surface area contributed by atoms with E-state index in [1.807, 2.05) is 43.1 Å². The maximum Gasteiger partial charge on any atom is 0.226 e. The molecule has 32 heavy (non-hydrogen) atoms. The summed E-state index contributed by atoms with van der Waals surface area (Å²) in [4.78, 5) is 32.8. The largest absolute Gasteiger partial charge is 0.353 e. The number of nitrogens with one attached hydrogen (secondary N) is 1. The minimum Gasteiger partial charge on any atom is -0.353 e. The predicted octanol–water partition coefficient (Wildman–Crippen LogP) is 4.61. The van der Waals surface area contributed by atoms with Crippen molar-refractivity contribution in [2.45, 2.75) is 64.8 Å². The quantitative estimate of drug-likeness (QED) is 0.723. The molecule has 1 saturated carbocycles. The molecule has 2 aromatic rings. The van der Waals surface area contributed by atoms with Gasteiger partial charge in [0.15, 0.2) is 0 Å². The van der Waals surface area contributed by atoms with Crippen LogP contribution < -0.4 is 5.32 Å². The fraction of sp³-hybridized carbons (Fsp3) is 0.519. The molecular formula is C27H35N3O2. The fourth-order valence-corrected chi connectivity index (χ4v) is 5.33. The predicted molar refractivity (Wildman–Crippen MR) is 127 cm³/mol. The Bertz CT molecular complexity index is 927. The third-order valence-corrected chi connectivity index (χ3v) is 7.16. The minimum atomic E-state index is -0.505. The molecule has 0 atom stereocenters. The van der Waals surface area contributed by atoms with Crippen LogP contribution >= 0.6 is 0 Å². The molecule has 1 aromatic heterocycles. The van der Waals surface area contributed by atoms with Crippen molar-refractivity contribution in [1.29, 1.82) is 0 Å². The molecule has 2 amide bonds. The molecule has 4 rings (SSSR count). The SMILES string of the molecule is CC(C)NC(=O)C1(Cc2ccccc2-c2cccnc2)CCN(C(=O)C2CCCC2)CC1. The summed E-state index contributed by atoms with van der Waals surface area (Å²) in [5.74, 6) is 0.607. The summed E-state index contributed by atoms with van der Waals surface area (Å²) in [7, 11) is 0. The van der Waals surface area contributed by atoms with E-state index in [4.69, 9.17) is 0 Å². The number of hydrogen-bond acceptors (Lipinski definition) is 3. The van der Waals surface area contributed by atoms with E-state index < -0.39 is 5.41 Å². The minimum absolute atomic E-state index is 0.0890. The van der Waals surface area contributed by atoms with E-state index in [9.17, 15) is 9.59 Å². The van der Waals surface area contributed by atoms with Crippen molar-refractivity contribution in [2.75, 3.05) is 13.1 Å². The highest BCUT2D eigenvalue weighted by Crippen LogP contribution is 2.39. The van der Waals surface area contributed by atoms with Gasteiger partial charge >= 0.3 is 0 Å². The van der Waals surface area contributed by atoms with Crippen molar-refractivity contribution in [3.05, 3.63) is 54.4 Å².